The average Bonchev–Trinajstić information content (AvgIpc) is 2.45. The lowest BCUT2D eigenvalue weighted by molar-refractivity contribution is 0.0956. The molecule has 0 heterocycles. The first-order chi connectivity index (χ1) is 9.48. The summed E-state index contributed by atoms with van der Waals surface area (Å²) in [6, 6.07) is 6.57. The largest absolute Gasteiger partial charge is 0.497 e. The van der Waals surface area contributed by atoms with Crippen molar-refractivity contribution in [2.45, 2.75) is 0 Å². The number of amides is 1. The van der Waals surface area contributed by atoms with E-state index in [0.29, 0.717) is 23.2 Å². The second-order valence-electron chi connectivity index (χ2n) is 3.89. The Morgan fingerprint density at radius 3 is 2.45 bits per heavy atom. The van der Waals surface area contributed by atoms with Crippen molar-refractivity contribution in [2.24, 2.45) is 0 Å². The summed E-state index contributed by atoms with van der Waals surface area (Å²) in [7, 11) is -1.81. The highest BCUT2D eigenvalue weighted by Gasteiger charge is 2.11. The maximum Gasteiger partial charge on any atom is 0.251 e. The molecule has 6 nitrogen and oxygen atoms in total. The van der Waals surface area contributed by atoms with Crippen molar-refractivity contribution >= 4 is 31.9 Å². The lowest BCUT2D eigenvalue weighted by atomic mass is 10.2. The van der Waals surface area contributed by atoms with E-state index in [2.05, 4.69) is 26.0 Å². The molecular weight excluding hydrogens is 348 g/mol. The van der Waals surface area contributed by atoms with Crippen molar-refractivity contribution in [3.63, 3.8) is 0 Å². The molecule has 2 N–H and O–H groups in total. The second-order valence-corrected chi connectivity index (χ2v) is 6.61. The van der Waals surface area contributed by atoms with E-state index in [4.69, 9.17) is 4.74 Å². The molecule has 0 aliphatic carbocycles. The number of hydrogen-bond acceptors (Lipinski definition) is 4. The predicted molar refractivity (Wildman–Crippen MR) is 80.9 cm³/mol. The van der Waals surface area contributed by atoms with Crippen LogP contribution in [0.3, 0.4) is 0 Å². The summed E-state index contributed by atoms with van der Waals surface area (Å²) in [5, 5.41) is 3.10. The highest BCUT2D eigenvalue weighted by atomic mass is 79.9. The van der Waals surface area contributed by atoms with Gasteiger partial charge in [-0.3, -0.25) is 4.79 Å². The van der Waals surface area contributed by atoms with Gasteiger partial charge in [-0.2, -0.15) is 0 Å². The molecule has 8 heteroatoms. The van der Waals surface area contributed by atoms with Crippen LogP contribution >= 0.6 is 15.9 Å². The molecule has 112 valence electrons. The quantitative estimate of drug-likeness (QED) is 0.666. The van der Waals surface area contributed by atoms with Crippen LogP contribution in [-0.4, -0.2) is 45.6 Å². The minimum absolute atomic E-state index is 0.0580. The van der Waals surface area contributed by atoms with Crippen LogP contribution in [0.5, 0.6) is 5.75 Å². The molecule has 20 heavy (non-hydrogen) atoms. The molecule has 0 aliphatic heterocycles. The van der Waals surface area contributed by atoms with Gasteiger partial charge in [-0.25, -0.2) is 13.1 Å². The molecule has 0 unspecified atom stereocenters. The van der Waals surface area contributed by atoms with Gasteiger partial charge in [0.05, 0.1) is 12.9 Å². The summed E-state index contributed by atoms with van der Waals surface area (Å²) in [4.78, 5) is 11.8. The molecule has 0 bridgehead atoms. The predicted octanol–water partition coefficient (Wildman–Crippen LogP) is 0.739. The van der Waals surface area contributed by atoms with Crippen LogP contribution in [0.15, 0.2) is 24.3 Å². The van der Waals surface area contributed by atoms with Crippen LogP contribution < -0.4 is 14.8 Å². The Morgan fingerprint density at radius 1 is 1.25 bits per heavy atom. The molecule has 1 aromatic rings. The van der Waals surface area contributed by atoms with Gasteiger partial charge in [-0.05, 0) is 24.3 Å². The van der Waals surface area contributed by atoms with Gasteiger partial charge in [-0.1, -0.05) is 15.9 Å². The monoisotopic (exact) mass is 364 g/mol. The Balaban J connectivity index is 2.43. The zero-order chi connectivity index (χ0) is 15.0. The van der Waals surface area contributed by atoms with Crippen LogP contribution in [0.4, 0.5) is 0 Å². The van der Waals surface area contributed by atoms with E-state index in [-0.39, 0.29) is 18.2 Å². The fourth-order valence-electron chi connectivity index (χ4n) is 1.41. The SMILES string of the molecule is COc1ccc(C(=O)NCCS(=O)(=O)NCCBr)cc1. The molecule has 0 saturated carbocycles. The van der Waals surface area contributed by atoms with Gasteiger partial charge in [0.15, 0.2) is 0 Å². The fourth-order valence-corrected chi connectivity index (χ4v) is 2.80. The van der Waals surface area contributed by atoms with Gasteiger partial charge < -0.3 is 10.1 Å². The van der Waals surface area contributed by atoms with E-state index < -0.39 is 10.0 Å². The van der Waals surface area contributed by atoms with Crippen LogP contribution in [0, 0.1) is 0 Å². The molecule has 0 fully saturated rings. The Labute approximate surface area is 127 Å². The highest BCUT2D eigenvalue weighted by Crippen LogP contribution is 2.10. The summed E-state index contributed by atoms with van der Waals surface area (Å²) in [6.07, 6.45) is 0. The van der Waals surface area contributed by atoms with Gasteiger partial charge in [0.25, 0.3) is 5.91 Å². The van der Waals surface area contributed by atoms with E-state index in [1.54, 1.807) is 31.4 Å². The van der Waals surface area contributed by atoms with E-state index >= 15 is 0 Å². The zero-order valence-electron chi connectivity index (χ0n) is 11.1. The third-order valence-electron chi connectivity index (χ3n) is 2.43. The van der Waals surface area contributed by atoms with E-state index in [1.165, 1.54) is 0 Å². The number of alkyl halides is 1. The molecular formula is C12H17BrN2O4S. The Kier molecular flexibility index (Phi) is 6.97. The zero-order valence-corrected chi connectivity index (χ0v) is 13.5. The minimum Gasteiger partial charge on any atom is -0.497 e. The highest BCUT2D eigenvalue weighted by molar-refractivity contribution is 9.09. The number of rotatable bonds is 8. The number of carbonyl (C=O) groups is 1. The summed E-state index contributed by atoms with van der Waals surface area (Å²) in [5.41, 5.74) is 0.455. The third kappa shape index (κ3) is 5.89. The lowest BCUT2D eigenvalue weighted by Gasteiger charge is -2.07. The van der Waals surface area contributed by atoms with Gasteiger partial charge in [0, 0.05) is 24.0 Å². The molecule has 0 aromatic heterocycles. The van der Waals surface area contributed by atoms with Crippen LogP contribution in [0.25, 0.3) is 0 Å². The molecule has 0 saturated heterocycles. The number of benzene rings is 1. The first-order valence-electron chi connectivity index (χ1n) is 5.94. The van der Waals surface area contributed by atoms with Crippen molar-refractivity contribution < 1.29 is 17.9 Å². The first-order valence-corrected chi connectivity index (χ1v) is 8.71. The minimum atomic E-state index is -3.35. The van der Waals surface area contributed by atoms with Crippen molar-refractivity contribution in [3.05, 3.63) is 29.8 Å². The van der Waals surface area contributed by atoms with Crippen LogP contribution in [0.2, 0.25) is 0 Å². The van der Waals surface area contributed by atoms with Crippen molar-refractivity contribution in [3.8, 4) is 5.75 Å². The Morgan fingerprint density at radius 2 is 1.90 bits per heavy atom. The second kappa shape index (κ2) is 8.23. The van der Waals surface area contributed by atoms with E-state index in [9.17, 15) is 13.2 Å². The topological polar surface area (TPSA) is 84.5 Å². The molecule has 0 aliphatic rings. The normalized spacial score (nSPS) is 11.1. The Hall–Kier alpha value is -1.12. The van der Waals surface area contributed by atoms with Crippen LogP contribution in [0.1, 0.15) is 10.4 Å². The van der Waals surface area contributed by atoms with Crippen LogP contribution in [-0.2, 0) is 10.0 Å². The molecule has 0 atom stereocenters. The maximum atomic E-state index is 11.8. The number of halogens is 1. The molecule has 0 radical (unpaired) electrons. The molecule has 1 amide bonds. The molecule has 1 aromatic carbocycles. The lowest BCUT2D eigenvalue weighted by Crippen LogP contribution is -2.35. The summed E-state index contributed by atoms with van der Waals surface area (Å²) in [5.74, 6) is 0.188. The summed E-state index contributed by atoms with van der Waals surface area (Å²) >= 11 is 3.13. The Bertz CT molecular complexity index is 531. The average molecular weight is 365 g/mol. The standard InChI is InChI=1S/C12H17BrN2O4S/c1-19-11-4-2-10(3-5-11)12(16)14-8-9-20(17,18)15-7-6-13/h2-5,15H,6-9H2,1H3,(H,14,16). The fraction of sp³-hybridized carbons (Fsp3) is 0.417. The third-order valence-corrected chi connectivity index (χ3v) is 4.21. The summed E-state index contributed by atoms with van der Waals surface area (Å²) in [6.45, 7) is 0.386. The maximum absolute atomic E-state index is 11.8. The smallest absolute Gasteiger partial charge is 0.251 e. The van der Waals surface area contributed by atoms with E-state index in [0.717, 1.165) is 0 Å². The van der Waals surface area contributed by atoms with Crippen molar-refractivity contribution in [2.75, 3.05) is 31.3 Å². The number of ether oxygens (including phenoxy) is 1. The molecule has 0 spiro atoms. The molecule has 1 rings (SSSR count). The number of methoxy groups -OCH3 is 1. The summed E-state index contributed by atoms with van der Waals surface area (Å²) < 4.78 is 30.4. The van der Waals surface area contributed by atoms with Gasteiger partial charge in [0.1, 0.15) is 5.75 Å². The van der Waals surface area contributed by atoms with Gasteiger partial charge >= 0.3 is 0 Å². The number of carbonyl (C=O) groups excluding carboxylic acids is 1. The van der Waals surface area contributed by atoms with Gasteiger partial charge in [-0.15, -0.1) is 0 Å². The number of hydrogen-bond donors (Lipinski definition) is 2. The number of sulfonamides is 1. The van der Waals surface area contributed by atoms with E-state index in [1.807, 2.05) is 0 Å². The van der Waals surface area contributed by atoms with Crippen molar-refractivity contribution in [1.82, 2.24) is 10.0 Å². The first kappa shape index (κ1) is 16.9. The number of nitrogens with one attached hydrogen (secondary N) is 2. The van der Waals surface area contributed by atoms with Gasteiger partial charge in [0.2, 0.25) is 10.0 Å². The van der Waals surface area contributed by atoms with Crippen molar-refractivity contribution in [1.29, 1.82) is 0 Å².